The van der Waals surface area contributed by atoms with Gasteiger partial charge in [-0.15, -0.1) is 0 Å². The number of nitrogens with zero attached hydrogens (tertiary/aromatic N) is 2. The fourth-order valence-corrected chi connectivity index (χ4v) is 3.40. The molecule has 1 aliphatic heterocycles. The second-order valence-electron chi connectivity index (χ2n) is 6.33. The fourth-order valence-electron chi connectivity index (χ4n) is 3.40. The number of carbonyl (C=O) groups excluding carboxylic acids is 1. The maximum absolute atomic E-state index is 12.4. The zero-order valence-corrected chi connectivity index (χ0v) is 15.3. The van der Waals surface area contributed by atoms with Gasteiger partial charge in [-0.2, -0.15) is 0 Å². The first-order valence-electron chi connectivity index (χ1n) is 8.84. The SMILES string of the molecule is COc1ccc(OC)c([C@H]2CCCN2CC(=O)NCc2ccccn2)c1. The summed E-state index contributed by atoms with van der Waals surface area (Å²) >= 11 is 0. The van der Waals surface area contributed by atoms with Crippen LogP contribution in [0.15, 0.2) is 42.6 Å². The number of likely N-dealkylation sites (tertiary alicyclic amines) is 1. The fraction of sp³-hybridized carbons (Fsp3) is 0.400. The Morgan fingerprint density at radius 2 is 2.15 bits per heavy atom. The lowest BCUT2D eigenvalue weighted by atomic mass is 10.0. The lowest BCUT2D eigenvalue weighted by Crippen LogP contribution is -2.36. The third-order valence-electron chi connectivity index (χ3n) is 4.70. The molecule has 1 atom stereocenters. The summed E-state index contributed by atoms with van der Waals surface area (Å²) in [7, 11) is 3.33. The normalized spacial score (nSPS) is 17.1. The van der Waals surface area contributed by atoms with Crippen molar-refractivity contribution in [3.63, 3.8) is 0 Å². The van der Waals surface area contributed by atoms with Gasteiger partial charge in [0.2, 0.25) is 5.91 Å². The van der Waals surface area contributed by atoms with Crippen molar-refractivity contribution in [1.82, 2.24) is 15.2 Å². The summed E-state index contributed by atoms with van der Waals surface area (Å²) < 4.78 is 10.9. The quantitative estimate of drug-likeness (QED) is 0.827. The van der Waals surface area contributed by atoms with Crippen molar-refractivity contribution >= 4 is 5.91 Å². The monoisotopic (exact) mass is 355 g/mol. The predicted octanol–water partition coefficient (Wildman–Crippen LogP) is 2.55. The highest BCUT2D eigenvalue weighted by Gasteiger charge is 2.30. The molecule has 2 aromatic rings. The molecule has 1 aromatic heterocycles. The molecule has 0 radical (unpaired) electrons. The number of carbonyl (C=O) groups is 1. The second kappa shape index (κ2) is 8.67. The first-order valence-corrected chi connectivity index (χ1v) is 8.84. The molecule has 0 unspecified atom stereocenters. The van der Waals surface area contributed by atoms with Crippen molar-refractivity contribution in [3.05, 3.63) is 53.9 Å². The molecule has 3 rings (SSSR count). The number of hydrogen-bond donors (Lipinski definition) is 1. The molecule has 6 nitrogen and oxygen atoms in total. The maximum Gasteiger partial charge on any atom is 0.234 e. The van der Waals surface area contributed by atoms with E-state index < -0.39 is 0 Å². The van der Waals surface area contributed by atoms with Gasteiger partial charge in [-0.1, -0.05) is 6.07 Å². The third kappa shape index (κ3) is 4.32. The van der Waals surface area contributed by atoms with Crippen LogP contribution in [0.3, 0.4) is 0 Å². The number of ether oxygens (including phenoxy) is 2. The summed E-state index contributed by atoms with van der Waals surface area (Å²) in [6.07, 6.45) is 3.78. The largest absolute Gasteiger partial charge is 0.497 e. The average molecular weight is 355 g/mol. The van der Waals surface area contributed by atoms with Crippen LogP contribution in [0.25, 0.3) is 0 Å². The minimum absolute atomic E-state index is 0.00409. The van der Waals surface area contributed by atoms with Crippen LogP contribution in [0, 0.1) is 0 Å². The van der Waals surface area contributed by atoms with Crippen molar-refractivity contribution < 1.29 is 14.3 Å². The van der Waals surface area contributed by atoms with Gasteiger partial charge < -0.3 is 14.8 Å². The van der Waals surface area contributed by atoms with Crippen molar-refractivity contribution in [2.24, 2.45) is 0 Å². The molecule has 1 N–H and O–H groups in total. The number of aromatic nitrogens is 1. The third-order valence-corrected chi connectivity index (χ3v) is 4.70. The van der Waals surface area contributed by atoms with Crippen LogP contribution in [-0.2, 0) is 11.3 Å². The van der Waals surface area contributed by atoms with E-state index in [0.717, 1.165) is 42.1 Å². The topological polar surface area (TPSA) is 63.7 Å². The molecule has 0 spiro atoms. The van der Waals surface area contributed by atoms with Gasteiger partial charge in [-0.05, 0) is 49.7 Å². The highest BCUT2D eigenvalue weighted by molar-refractivity contribution is 5.78. The Hall–Kier alpha value is -2.60. The van der Waals surface area contributed by atoms with Gasteiger partial charge in [0.15, 0.2) is 0 Å². The van der Waals surface area contributed by atoms with Gasteiger partial charge in [0.05, 0.1) is 33.0 Å². The smallest absolute Gasteiger partial charge is 0.234 e. The zero-order valence-electron chi connectivity index (χ0n) is 15.3. The summed E-state index contributed by atoms with van der Waals surface area (Å²) in [5.74, 6) is 1.63. The highest BCUT2D eigenvalue weighted by atomic mass is 16.5. The minimum atomic E-state index is 0.00409. The Kier molecular flexibility index (Phi) is 6.07. The predicted molar refractivity (Wildman–Crippen MR) is 99.2 cm³/mol. The van der Waals surface area contributed by atoms with Crippen LogP contribution in [0.2, 0.25) is 0 Å². The molecule has 2 heterocycles. The first-order chi connectivity index (χ1) is 12.7. The molecule has 6 heteroatoms. The van der Waals surface area contributed by atoms with Gasteiger partial charge in [-0.25, -0.2) is 0 Å². The van der Waals surface area contributed by atoms with Gasteiger partial charge in [0.1, 0.15) is 11.5 Å². The van der Waals surface area contributed by atoms with Crippen molar-refractivity contribution in [2.75, 3.05) is 27.3 Å². The zero-order chi connectivity index (χ0) is 18.4. The molecular weight excluding hydrogens is 330 g/mol. The molecule has 0 bridgehead atoms. The maximum atomic E-state index is 12.4. The van der Waals surface area contributed by atoms with Crippen LogP contribution in [-0.4, -0.2) is 43.1 Å². The van der Waals surface area contributed by atoms with Crippen LogP contribution >= 0.6 is 0 Å². The molecule has 0 aliphatic carbocycles. The van der Waals surface area contributed by atoms with Crippen molar-refractivity contribution in [2.45, 2.75) is 25.4 Å². The minimum Gasteiger partial charge on any atom is -0.497 e. The molecule has 1 amide bonds. The Bertz CT molecular complexity index is 736. The Balaban J connectivity index is 1.65. The number of nitrogens with one attached hydrogen (secondary N) is 1. The van der Waals surface area contributed by atoms with Crippen LogP contribution < -0.4 is 14.8 Å². The second-order valence-corrected chi connectivity index (χ2v) is 6.33. The highest BCUT2D eigenvalue weighted by Crippen LogP contribution is 2.38. The number of amides is 1. The Labute approximate surface area is 154 Å². The number of benzene rings is 1. The van der Waals surface area contributed by atoms with E-state index in [0.29, 0.717) is 13.1 Å². The molecule has 1 saturated heterocycles. The van der Waals surface area contributed by atoms with Crippen LogP contribution in [0.4, 0.5) is 0 Å². The van der Waals surface area contributed by atoms with Gasteiger partial charge in [-0.3, -0.25) is 14.7 Å². The van der Waals surface area contributed by atoms with E-state index in [2.05, 4.69) is 15.2 Å². The van der Waals surface area contributed by atoms with Gasteiger partial charge in [0.25, 0.3) is 0 Å². The first kappa shape index (κ1) is 18.2. The van der Waals surface area contributed by atoms with E-state index in [1.54, 1.807) is 20.4 Å². The number of methoxy groups -OCH3 is 2. The number of hydrogen-bond acceptors (Lipinski definition) is 5. The summed E-state index contributed by atoms with van der Waals surface area (Å²) in [6, 6.07) is 11.7. The number of pyridine rings is 1. The Morgan fingerprint density at radius 3 is 2.88 bits per heavy atom. The van der Waals surface area contributed by atoms with E-state index in [1.165, 1.54) is 0 Å². The van der Waals surface area contributed by atoms with E-state index in [9.17, 15) is 4.79 Å². The van der Waals surface area contributed by atoms with E-state index >= 15 is 0 Å². The van der Waals surface area contributed by atoms with E-state index in [4.69, 9.17) is 9.47 Å². The van der Waals surface area contributed by atoms with Crippen molar-refractivity contribution in [1.29, 1.82) is 0 Å². The standard InChI is InChI=1S/C20H25N3O3/c1-25-16-8-9-19(26-2)17(12-16)18-7-5-11-23(18)14-20(24)22-13-15-6-3-4-10-21-15/h3-4,6,8-10,12,18H,5,7,11,13-14H2,1-2H3,(H,22,24)/t18-/m1/s1. The summed E-state index contributed by atoms with van der Waals surface area (Å²) in [5.41, 5.74) is 1.93. The molecule has 26 heavy (non-hydrogen) atoms. The molecule has 0 saturated carbocycles. The van der Waals surface area contributed by atoms with E-state index in [1.807, 2.05) is 36.4 Å². The van der Waals surface area contributed by atoms with Crippen LogP contribution in [0.5, 0.6) is 11.5 Å². The molecular formula is C20H25N3O3. The average Bonchev–Trinajstić information content (AvgIpc) is 3.14. The molecule has 138 valence electrons. The lowest BCUT2D eigenvalue weighted by molar-refractivity contribution is -0.122. The van der Waals surface area contributed by atoms with Gasteiger partial charge >= 0.3 is 0 Å². The Morgan fingerprint density at radius 1 is 1.27 bits per heavy atom. The number of rotatable bonds is 7. The van der Waals surface area contributed by atoms with Crippen molar-refractivity contribution in [3.8, 4) is 11.5 Å². The van der Waals surface area contributed by atoms with Crippen LogP contribution in [0.1, 0.15) is 30.1 Å². The molecule has 1 aliphatic rings. The lowest BCUT2D eigenvalue weighted by Gasteiger charge is -2.26. The van der Waals surface area contributed by atoms with E-state index in [-0.39, 0.29) is 11.9 Å². The summed E-state index contributed by atoms with van der Waals surface area (Å²) in [6.45, 7) is 1.70. The summed E-state index contributed by atoms with van der Waals surface area (Å²) in [4.78, 5) is 18.8. The van der Waals surface area contributed by atoms with Gasteiger partial charge in [0, 0.05) is 17.8 Å². The molecule has 1 fully saturated rings. The molecule has 1 aromatic carbocycles. The summed E-state index contributed by atoms with van der Waals surface area (Å²) in [5, 5.41) is 2.95.